The van der Waals surface area contributed by atoms with E-state index in [1.807, 2.05) is 35.1 Å². The highest BCUT2D eigenvalue weighted by atomic mass is 32.1. The number of benzene rings is 2. The summed E-state index contributed by atoms with van der Waals surface area (Å²) >= 11 is 4.52. The van der Waals surface area contributed by atoms with Crippen molar-refractivity contribution in [1.82, 2.24) is 20.3 Å². The van der Waals surface area contributed by atoms with Crippen LogP contribution in [0.25, 0.3) is 11.1 Å². The third kappa shape index (κ3) is 3.40. The zero-order valence-corrected chi connectivity index (χ0v) is 16.8. The minimum atomic E-state index is -0.447. The Balaban J connectivity index is 1.19. The summed E-state index contributed by atoms with van der Waals surface area (Å²) in [6.45, 7) is 0.594. The number of hydrogen-bond donors (Lipinski definition) is 2. The Morgan fingerprint density at radius 3 is 2.41 bits per heavy atom. The summed E-state index contributed by atoms with van der Waals surface area (Å²) < 4.78 is 7.39. The molecule has 2 unspecified atom stereocenters. The average molecular weight is 407 g/mol. The molecule has 5 rings (SSSR count). The van der Waals surface area contributed by atoms with Crippen LogP contribution in [-0.4, -0.2) is 32.9 Å². The fourth-order valence-electron chi connectivity index (χ4n) is 4.14. The van der Waals surface area contributed by atoms with E-state index in [1.54, 1.807) is 0 Å². The highest BCUT2D eigenvalue weighted by Gasteiger charge is 2.31. The molecular weight excluding hydrogens is 384 g/mol. The molecule has 29 heavy (non-hydrogen) atoms. The first-order chi connectivity index (χ1) is 14.2. The maximum atomic E-state index is 12.3. The number of rotatable bonds is 5. The highest BCUT2D eigenvalue weighted by molar-refractivity contribution is 7.81. The second kappa shape index (κ2) is 7.55. The first-order valence-corrected chi connectivity index (χ1v) is 10.4. The van der Waals surface area contributed by atoms with Crippen molar-refractivity contribution >= 4 is 18.7 Å². The molecule has 0 saturated heterocycles. The molecule has 2 aromatic carbocycles. The molecule has 0 aliphatic heterocycles. The van der Waals surface area contributed by atoms with Gasteiger partial charge < -0.3 is 10.1 Å². The average Bonchev–Trinajstić information content (AvgIpc) is 3.32. The molecular formula is C22H22N4O2S. The van der Waals surface area contributed by atoms with E-state index in [1.165, 1.54) is 22.3 Å². The minimum Gasteiger partial charge on any atom is -0.449 e. The van der Waals surface area contributed by atoms with Gasteiger partial charge in [-0.2, -0.15) is 12.6 Å². The molecule has 1 aromatic heterocycles. The van der Waals surface area contributed by atoms with Gasteiger partial charge in [0, 0.05) is 11.2 Å². The molecule has 3 aromatic rings. The Labute approximate surface area is 174 Å². The van der Waals surface area contributed by atoms with Gasteiger partial charge in [0.15, 0.2) is 0 Å². The molecule has 1 N–H and O–H groups in total. The third-order valence-corrected chi connectivity index (χ3v) is 6.46. The van der Waals surface area contributed by atoms with Crippen molar-refractivity contribution in [2.75, 3.05) is 6.61 Å². The number of amides is 1. The van der Waals surface area contributed by atoms with E-state index in [4.69, 9.17) is 4.74 Å². The molecule has 0 bridgehead atoms. The van der Waals surface area contributed by atoms with Crippen molar-refractivity contribution in [3.63, 3.8) is 0 Å². The lowest BCUT2D eigenvalue weighted by Gasteiger charge is -2.32. The molecule has 2 aliphatic carbocycles. The van der Waals surface area contributed by atoms with Crippen LogP contribution in [0.4, 0.5) is 4.79 Å². The first kappa shape index (κ1) is 18.2. The monoisotopic (exact) mass is 406 g/mol. The van der Waals surface area contributed by atoms with E-state index < -0.39 is 6.09 Å². The van der Waals surface area contributed by atoms with Crippen molar-refractivity contribution in [3.05, 3.63) is 71.5 Å². The molecule has 6 nitrogen and oxygen atoms in total. The van der Waals surface area contributed by atoms with Crippen LogP contribution in [0.15, 0.2) is 54.7 Å². The standard InChI is InChI=1S/C22H22N4O2S/c27-22(23-11-14-12-26(25-24-14)20-9-10-21(20)29)28-13-19-17-7-3-1-5-15(17)16-6-2-4-8-18(16)19/h1-8,12,19-21,29H,9-11,13H2,(H,23,27). The van der Waals surface area contributed by atoms with Crippen LogP contribution < -0.4 is 5.32 Å². The van der Waals surface area contributed by atoms with Crippen molar-refractivity contribution in [3.8, 4) is 11.1 Å². The Hall–Kier alpha value is -2.80. The topological polar surface area (TPSA) is 69.0 Å². The number of thiol groups is 1. The highest BCUT2D eigenvalue weighted by Crippen LogP contribution is 2.44. The normalized spacial score (nSPS) is 19.9. The van der Waals surface area contributed by atoms with Crippen LogP contribution >= 0.6 is 12.6 Å². The number of carbonyl (C=O) groups excluding carboxylic acids is 1. The van der Waals surface area contributed by atoms with Crippen LogP contribution in [0.1, 0.15) is 41.6 Å². The second-order valence-electron chi connectivity index (χ2n) is 7.58. The summed E-state index contributed by atoms with van der Waals surface area (Å²) in [5, 5.41) is 11.4. The van der Waals surface area contributed by atoms with E-state index in [0.29, 0.717) is 30.1 Å². The SMILES string of the molecule is O=C(NCc1cn(C2CCC2S)nn1)OCC1c2ccccc2-c2ccccc21. The number of nitrogens with zero attached hydrogens (tertiary/aromatic N) is 3. The third-order valence-electron chi connectivity index (χ3n) is 5.86. The summed E-state index contributed by atoms with van der Waals surface area (Å²) in [7, 11) is 0. The Morgan fingerprint density at radius 1 is 1.10 bits per heavy atom. The molecule has 2 aliphatic rings. The number of nitrogens with one attached hydrogen (secondary N) is 1. The first-order valence-electron chi connectivity index (χ1n) is 9.88. The van der Waals surface area contributed by atoms with E-state index in [9.17, 15) is 4.79 Å². The predicted octanol–water partition coefficient (Wildman–Crippen LogP) is 3.95. The summed E-state index contributed by atoms with van der Waals surface area (Å²) in [6.07, 6.45) is 3.59. The maximum absolute atomic E-state index is 12.3. The largest absolute Gasteiger partial charge is 0.449 e. The summed E-state index contributed by atoms with van der Waals surface area (Å²) in [5.74, 6) is 0.0555. The molecule has 1 heterocycles. The number of fused-ring (bicyclic) bond motifs is 3. The predicted molar refractivity (Wildman–Crippen MR) is 113 cm³/mol. The van der Waals surface area contributed by atoms with E-state index >= 15 is 0 Å². The molecule has 7 heteroatoms. The number of hydrogen-bond acceptors (Lipinski definition) is 5. The van der Waals surface area contributed by atoms with Gasteiger partial charge in [0.2, 0.25) is 0 Å². The van der Waals surface area contributed by atoms with Gasteiger partial charge in [-0.15, -0.1) is 5.10 Å². The van der Waals surface area contributed by atoms with Crippen molar-refractivity contribution in [2.45, 2.75) is 36.6 Å². The van der Waals surface area contributed by atoms with Gasteiger partial charge in [-0.25, -0.2) is 9.48 Å². The van der Waals surface area contributed by atoms with Gasteiger partial charge in [-0.05, 0) is 35.1 Å². The minimum absolute atomic E-state index is 0.0555. The number of alkyl carbamates (subject to hydrolysis) is 1. The fraction of sp³-hybridized carbons (Fsp3) is 0.318. The van der Waals surface area contributed by atoms with Gasteiger partial charge in [-0.1, -0.05) is 53.7 Å². The summed E-state index contributed by atoms with van der Waals surface area (Å²) in [4.78, 5) is 12.3. The molecule has 1 amide bonds. The Kier molecular flexibility index (Phi) is 4.75. The zero-order chi connectivity index (χ0) is 19.8. The lowest BCUT2D eigenvalue weighted by Crippen LogP contribution is -2.30. The van der Waals surface area contributed by atoms with Gasteiger partial charge in [0.25, 0.3) is 0 Å². The molecule has 148 valence electrons. The summed E-state index contributed by atoms with van der Waals surface area (Å²) in [6, 6.07) is 16.9. The van der Waals surface area contributed by atoms with Gasteiger partial charge in [0.05, 0.1) is 18.8 Å². The van der Waals surface area contributed by atoms with Gasteiger partial charge in [-0.3, -0.25) is 0 Å². The van der Waals surface area contributed by atoms with Crippen LogP contribution in [0.5, 0.6) is 0 Å². The van der Waals surface area contributed by atoms with Gasteiger partial charge >= 0.3 is 6.09 Å². The number of ether oxygens (including phenoxy) is 1. The second-order valence-corrected chi connectivity index (χ2v) is 8.24. The van der Waals surface area contributed by atoms with E-state index in [0.717, 1.165) is 12.8 Å². The molecule has 0 radical (unpaired) electrons. The Morgan fingerprint density at radius 2 is 1.79 bits per heavy atom. The number of carbonyl (C=O) groups is 1. The summed E-state index contributed by atoms with van der Waals surface area (Å²) in [5.41, 5.74) is 5.54. The van der Waals surface area contributed by atoms with Crippen LogP contribution in [0, 0.1) is 0 Å². The fourth-order valence-corrected chi connectivity index (χ4v) is 4.58. The maximum Gasteiger partial charge on any atom is 0.407 e. The molecule has 1 fully saturated rings. The number of aromatic nitrogens is 3. The van der Waals surface area contributed by atoms with Crippen LogP contribution in [0.3, 0.4) is 0 Å². The van der Waals surface area contributed by atoms with Crippen molar-refractivity contribution in [1.29, 1.82) is 0 Å². The zero-order valence-electron chi connectivity index (χ0n) is 15.9. The van der Waals surface area contributed by atoms with Gasteiger partial charge in [0.1, 0.15) is 12.3 Å². The van der Waals surface area contributed by atoms with Crippen LogP contribution in [-0.2, 0) is 11.3 Å². The van der Waals surface area contributed by atoms with Crippen LogP contribution in [0.2, 0.25) is 0 Å². The smallest absolute Gasteiger partial charge is 0.407 e. The Bertz CT molecular complexity index is 1010. The molecule has 0 spiro atoms. The van der Waals surface area contributed by atoms with E-state index in [-0.39, 0.29) is 5.92 Å². The lowest BCUT2D eigenvalue weighted by atomic mass is 9.92. The van der Waals surface area contributed by atoms with E-state index in [2.05, 4.69) is 52.5 Å². The van der Waals surface area contributed by atoms with Crippen molar-refractivity contribution in [2.24, 2.45) is 0 Å². The molecule has 1 saturated carbocycles. The lowest BCUT2D eigenvalue weighted by molar-refractivity contribution is 0.142. The van der Waals surface area contributed by atoms with Crippen molar-refractivity contribution < 1.29 is 9.53 Å². The molecule has 2 atom stereocenters. The quantitative estimate of drug-likeness (QED) is 0.630.